The summed E-state index contributed by atoms with van der Waals surface area (Å²) in [6.07, 6.45) is 3.13. The van der Waals surface area contributed by atoms with Crippen LogP contribution in [0.1, 0.15) is 0 Å². The summed E-state index contributed by atoms with van der Waals surface area (Å²) >= 11 is 5.62. The van der Waals surface area contributed by atoms with Crippen molar-refractivity contribution < 1.29 is 0 Å². The summed E-state index contributed by atoms with van der Waals surface area (Å²) in [5.41, 5.74) is 1.01. The maximum atomic E-state index is 8.65. The number of rotatable bonds is 1. The van der Waals surface area contributed by atoms with Gasteiger partial charge in [0.05, 0.1) is 23.3 Å². The molecule has 0 unspecified atom stereocenters. The summed E-state index contributed by atoms with van der Waals surface area (Å²) < 4.78 is 0. The van der Waals surface area contributed by atoms with Crippen molar-refractivity contribution in [2.45, 2.75) is 0 Å². The molecule has 0 aliphatic carbocycles. The van der Waals surface area contributed by atoms with E-state index in [4.69, 9.17) is 22.1 Å². The molecular weight excluding hydrogens is 174 g/mol. The van der Waals surface area contributed by atoms with Crippen LogP contribution in [0.15, 0.2) is 23.5 Å². The number of nitrogens with one attached hydrogen (secondary N) is 1. The first-order valence-electron chi connectivity index (χ1n) is 3.35. The van der Waals surface area contributed by atoms with Gasteiger partial charge in [-0.2, -0.15) is 10.5 Å². The van der Waals surface area contributed by atoms with Crippen molar-refractivity contribution in [3.05, 3.63) is 23.5 Å². The van der Waals surface area contributed by atoms with Gasteiger partial charge in [0.2, 0.25) is 0 Å². The second kappa shape index (κ2) is 3.80. The number of alkyl halides is 1. The van der Waals surface area contributed by atoms with E-state index < -0.39 is 0 Å². The zero-order valence-corrected chi connectivity index (χ0v) is 6.97. The maximum Gasteiger partial charge on any atom is 0.0969 e. The predicted molar refractivity (Wildman–Crippen MR) is 44.7 cm³/mol. The van der Waals surface area contributed by atoms with E-state index in [0.29, 0.717) is 11.1 Å². The maximum absolute atomic E-state index is 8.65. The number of nitrogens with zero attached hydrogens (tertiary/aromatic N) is 2. The van der Waals surface area contributed by atoms with E-state index in [2.05, 4.69) is 5.32 Å². The molecule has 0 aromatic rings. The highest BCUT2D eigenvalue weighted by Gasteiger charge is 2.20. The van der Waals surface area contributed by atoms with Crippen LogP contribution in [0, 0.1) is 28.6 Å². The van der Waals surface area contributed by atoms with Crippen LogP contribution in [-0.2, 0) is 0 Å². The van der Waals surface area contributed by atoms with E-state index in [1.54, 1.807) is 12.4 Å². The number of dihydropyridines is 1. The van der Waals surface area contributed by atoms with Crippen LogP contribution in [0.2, 0.25) is 0 Å². The lowest BCUT2D eigenvalue weighted by atomic mass is 9.94. The Hall–Kier alpha value is -1.45. The number of hydrogen-bond donors (Lipinski definition) is 1. The number of nitriles is 2. The van der Waals surface area contributed by atoms with Crippen molar-refractivity contribution in [3.8, 4) is 12.1 Å². The molecule has 1 aliphatic heterocycles. The molecule has 0 aromatic carbocycles. The van der Waals surface area contributed by atoms with Gasteiger partial charge >= 0.3 is 0 Å². The molecular formula is C8H6ClN3. The minimum absolute atomic E-state index is 0.247. The highest BCUT2D eigenvalue weighted by Crippen LogP contribution is 2.22. The predicted octanol–water partition coefficient (Wildman–Crippen LogP) is 1.26. The summed E-state index contributed by atoms with van der Waals surface area (Å²) in [7, 11) is 0. The first kappa shape index (κ1) is 8.64. The molecule has 0 fully saturated rings. The van der Waals surface area contributed by atoms with Crippen molar-refractivity contribution in [2.75, 3.05) is 5.88 Å². The van der Waals surface area contributed by atoms with Crippen molar-refractivity contribution >= 4 is 11.6 Å². The number of allylic oxidation sites excluding steroid dienone is 2. The minimum Gasteiger partial charge on any atom is -0.366 e. The fourth-order valence-electron chi connectivity index (χ4n) is 0.977. The Bertz CT molecular complexity index is 286. The molecule has 0 spiro atoms. The molecule has 0 atom stereocenters. The Labute approximate surface area is 75.5 Å². The lowest BCUT2D eigenvalue weighted by Gasteiger charge is -2.15. The average molecular weight is 180 g/mol. The van der Waals surface area contributed by atoms with E-state index in [1.807, 2.05) is 12.1 Å². The molecule has 60 valence electrons. The van der Waals surface area contributed by atoms with Crippen molar-refractivity contribution in [3.63, 3.8) is 0 Å². The highest BCUT2D eigenvalue weighted by atomic mass is 35.5. The quantitative estimate of drug-likeness (QED) is 0.617. The summed E-state index contributed by atoms with van der Waals surface area (Å²) in [4.78, 5) is 0. The Balaban J connectivity index is 2.93. The summed E-state index contributed by atoms with van der Waals surface area (Å²) in [5, 5.41) is 20.0. The first-order valence-corrected chi connectivity index (χ1v) is 3.89. The van der Waals surface area contributed by atoms with Gasteiger partial charge in [-0.3, -0.25) is 0 Å². The van der Waals surface area contributed by atoms with Gasteiger partial charge in [-0.15, -0.1) is 11.6 Å². The molecule has 0 saturated heterocycles. The van der Waals surface area contributed by atoms with Gasteiger partial charge in [0.1, 0.15) is 0 Å². The SMILES string of the molecule is N#CC1=CNC=C(C#N)C1CCl. The molecule has 1 aliphatic rings. The zero-order valence-electron chi connectivity index (χ0n) is 6.21. The third-order valence-corrected chi connectivity index (χ3v) is 1.95. The Kier molecular flexibility index (Phi) is 2.74. The summed E-state index contributed by atoms with van der Waals surface area (Å²) in [6, 6.07) is 3.98. The van der Waals surface area contributed by atoms with E-state index in [0.717, 1.165) is 0 Å². The average Bonchev–Trinajstić information content (AvgIpc) is 2.16. The lowest BCUT2D eigenvalue weighted by molar-refractivity contribution is 0.817. The van der Waals surface area contributed by atoms with Gasteiger partial charge in [-0.05, 0) is 0 Å². The minimum atomic E-state index is -0.247. The van der Waals surface area contributed by atoms with Crippen LogP contribution in [0.4, 0.5) is 0 Å². The Morgan fingerprint density at radius 3 is 2.17 bits per heavy atom. The second-order valence-corrected chi connectivity index (χ2v) is 2.61. The molecule has 3 nitrogen and oxygen atoms in total. The smallest absolute Gasteiger partial charge is 0.0969 e. The molecule has 0 saturated carbocycles. The third-order valence-electron chi connectivity index (χ3n) is 1.64. The summed E-state index contributed by atoms with van der Waals surface area (Å²) in [6.45, 7) is 0. The largest absolute Gasteiger partial charge is 0.366 e. The topological polar surface area (TPSA) is 59.6 Å². The fraction of sp³-hybridized carbons (Fsp3) is 0.250. The van der Waals surface area contributed by atoms with E-state index >= 15 is 0 Å². The molecule has 1 heterocycles. The van der Waals surface area contributed by atoms with Crippen molar-refractivity contribution in [1.29, 1.82) is 10.5 Å². The monoisotopic (exact) mass is 179 g/mol. The standard InChI is InChI=1S/C8H6ClN3/c9-1-8-6(2-10)4-12-5-7(8)3-11/h4-5,8,12H,1H2. The van der Waals surface area contributed by atoms with Gasteiger partial charge in [-0.25, -0.2) is 0 Å². The zero-order chi connectivity index (χ0) is 8.97. The molecule has 1 rings (SSSR count). The molecule has 12 heavy (non-hydrogen) atoms. The Morgan fingerprint density at radius 2 is 1.83 bits per heavy atom. The summed E-state index contributed by atoms with van der Waals surface area (Å²) in [5.74, 6) is 0.0171. The molecule has 0 aromatic heterocycles. The van der Waals surface area contributed by atoms with Crippen molar-refractivity contribution in [2.24, 2.45) is 5.92 Å². The van der Waals surface area contributed by atoms with E-state index in [1.165, 1.54) is 0 Å². The van der Waals surface area contributed by atoms with Crippen LogP contribution in [0.5, 0.6) is 0 Å². The first-order chi connectivity index (χ1) is 5.83. The van der Waals surface area contributed by atoms with Gasteiger partial charge in [-0.1, -0.05) is 0 Å². The molecule has 4 heteroatoms. The normalized spacial score (nSPS) is 16.6. The molecule has 1 N–H and O–H groups in total. The Morgan fingerprint density at radius 1 is 1.33 bits per heavy atom. The van der Waals surface area contributed by atoms with Crippen LogP contribution in [0.25, 0.3) is 0 Å². The molecule has 0 amide bonds. The molecule has 0 radical (unpaired) electrons. The van der Waals surface area contributed by atoms with Gasteiger partial charge in [0, 0.05) is 24.2 Å². The van der Waals surface area contributed by atoms with Crippen LogP contribution in [0.3, 0.4) is 0 Å². The highest BCUT2D eigenvalue weighted by molar-refractivity contribution is 6.18. The second-order valence-electron chi connectivity index (χ2n) is 2.30. The van der Waals surface area contributed by atoms with Crippen molar-refractivity contribution in [1.82, 2.24) is 5.32 Å². The van der Waals surface area contributed by atoms with E-state index in [-0.39, 0.29) is 11.8 Å². The van der Waals surface area contributed by atoms with Gasteiger partial charge in [0.15, 0.2) is 0 Å². The third kappa shape index (κ3) is 1.42. The van der Waals surface area contributed by atoms with Gasteiger partial charge < -0.3 is 5.32 Å². The van der Waals surface area contributed by atoms with E-state index in [9.17, 15) is 0 Å². The number of halogens is 1. The van der Waals surface area contributed by atoms with Crippen LogP contribution < -0.4 is 5.32 Å². The van der Waals surface area contributed by atoms with Gasteiger partial charge in [0.25, 0.3) is 0 Å². The lowest BCUT2D eigenvalue weighted by Crippen LogP contribution is -2.16. The van der Waals surface area contributed by atoms with Crippen LogP contribution >= 0.6 is 11.6 Å². The molecule has 0 bridgehead atoms. The number of hydrogen-bond acceptors (Lipinski definition) is 3. The fourth-order valence-corrected chi connectivity index (χ4v) is 1.31. The van der Waals surface area contributed by atoms with Crippen LogP contribution in [-0.4, -0.2) is 5.88 Å².